The number of hydrogen-bond acceptors (Lipinski definition) is 3. The molecular formula is C21H23N3O3S. The molecular weight excluding hydrogens is 374 g/mol. The SMILES string of the molecule is Cn1cc(CNC(=O)c2ccc(S(=O)(=O)N3CCCC3)cc2)c2ccccc21. The van der Waals surface area contributed by atoms with Gasteiger partial charge in [0.25, 0.3) is 5.91 Å². The number of amides is 1. The molecule has 0 radical (unpaired) electrons. The van der Waals surface area contributed by atoms with Crippen LogP contribution in [0.15, 0.2) is 59.6 Å². The Balaban J connectivity index is 1.46. The smallest absolute Gasteiger partial charge is 0.251 e. The summed E-state index contributed by atoms with van der Waals surface area (Å²) in [5.74, 6) is -0.224. The Morgan fingerprint density at radius 1 is 1.04 bits per heavy atom. The van der Waals surface area contributed by atoms with E-state index in [1.54, 1.807) is 12.1 Å². The maximum Gasteiger partial charge on any atom is 0.251 e. The van der Waals surface area contributed by atoms with Gasteiger partial charge in [-0.2, -0.15) is 4.31 Å². The first-order chi connectivity index (χ1) is 13.5. The van der Waals surface area contributed by atoms with Gasteiger partial charge in [0.15, 0.2) is 0 Å². The van der Waals surface area contributed by atoms with E-state index in [0.29, 0.717) is 25.2 Å². The number of benzene rings is 2. The van der Waals surface area contributed by atoms with Crippen LogP contribution in [0.3, 0.4) is 0 Å². The molecule has 0 bridgehead atoms. The largest absolute Gasteiger partial charge is 0.350 e. The fourth-order valence-corrected chi connectivity index (χ4v) is 5.22. The summed E-state index contributed by atoms with van der Waals surface area (Å²) in [7, 11) is -1.48. The number of rotatable bonds is 5. The summed E-state index contributed by atoms with van der Waals surface area (Å²) in [5.41, 5.74) is 2.60. The Morgan fingerprint density at radius 3 is 2.43 bits per heavy atom. The van der Waals surface area contributed by atoms with Gasteiger partial charge in [-0.05, 0) is 48.7 Å². The minimum Gasteiger partial charge on any atom is -0.350 e. The highest BCUT2D eigenvalue weighted by atomic mass is 32.2. The van der Waals surface area contributed by atoms with Crippen molar-refractivity contribution in [2.45, 2.75) is 24.3 Å². The first-order valence-corrected chi connectivity index (χ1v) is 10.8. The van der Waals surface area contributed by atoms with Crippen molar-refractivity contribution in [1.82, 2.24) is 14.2 Å². The monoisotopic (exact) mass is 397 g/mol. The fourth-order valence-electron chi connectivity index (χ4n) is 3.70. The summed E-state index contributed by atoms with van der Waals surface area (Å²) in [6, 6.07) is 14.2. The molecule has 0 atom stereocenters. The van der Waals surface area contributed by atoms with Crippen LogP contribution in [0.4, 0.5) is 0 Å². The molecule has 1 aliphatic heterocycles. The number of carbonyl (C=O) groups excluding carboxylic acids is 1. The minimum atomic E-state index is -3.46. The zero-order valence-corrected chi connectivity index (χ0v) is 16.6. The van der Waals surface area contributed by atoms with Crippen molar-refractivity contribution in [3.63, 3.8) is 0 Å². The van der Waals surface area contributed by atoms with Crippen molar-refractivity contribution in [3.05, 3.63) is 65.9 Å². The summed E-state index contributed by atoms with van der Waals surface area (Å²) >= 11 is 0. The lowest BCUT2D eigenvalue weighted by Crippen LogP contribution is -2.28. The molecule has 1 saturated heterocycles. The number of aromatic nitrogens is 1. The molecule has 3 aromatic rings. The molecule has 1 aliphatic rings. The lowest BCUT2D eigenvalue weighted by molar-refractivity contribution is 0.0951. The van der Waals surface area contributed by atoms with E-state index in [1.165, 1.54) is 16.4 Å². The van der Waals surface area contributed by atoms with Gasteiger partial charge >= 0.3 is 0 Å². The van der Waals surface area contributed by atoms with E-state index in [9.17, 15) is 13.2 Å². The normalized spacial score (nSPS) is 15.2. The van der Waals surface area contributed by atoms with Crippen molar-refractivity contribution in [2.24, 2.45) is 7.05 Å². The highest BCUT2D eigenvalue weighted by Crippen LogP contribution is 2.22. The topological polar surface area (TPSA) is 71.4 Å². The summed E-state index contributed by atoms with van der Waals surface area (Å²) in [6.45, 7) is 1.54. The summed E-state index contributed by atoms with van der Waals surface area (Å²) in [4.78, 5) is 12.7. The molecule has 2 heterocycles. The van der Waals surface area contributed by atoms with Gasteiger partial charge in [0, 0.05) is 49.3 Å². The number of fused-ring (bicyclic) bond motifs is 1. The van der Waals surface area contributed by atoms with E-state index < -0.39 is 10.0 Å². The van der Waals surface area contributed by atoms with Crippen molar-refractivity contribution in [3.8, 4) is 0 Å². The van der Waals surface area contributed by atoms with Crippen molar-refractivity contribution < 1.29 is 13.2 Å². The third-order valence-electron chi connectivity index (χ3n) is 5.24. The molecule has 1 fully saturated rings. The molecule has 2 aromatic carbocycles. The van der Waals surface area contributed by atoms with E-state index in [4.69, 9.17) is 0 Å². The van der Waals surface area contributed by atoms with Gasteiger partial charge < -0.3 is 9.88 Å². The molecule has 6 nitrogen and oxygen atoms in total. The maximum atomic E-state index is 12.6. The molecule has 0 unspecified atom stereocenters. The van der Waals surface area contributed by atoms with Crippen molar-refractivity contribution >= 4 is 26.8 Å². The highest BCUT2D eigenvalue weighted by molar-refractivity contribution is 7.89. The van der Waals surface area contributed by atoms with Crippen LogP contribution < -0.4 is 5.32 Å². The first kappa shape index (κ1) is 18.7. The second-order valence-corrected chi connectivity index (χ2v) is 9.04. The summed E-state index contributed by atoms with van der Waals surface area (Å²) in [6.07, 6.45) is 3.80. The predicted octanol–water partition coefficient (Wildman–Crippen LogP) is 2.89. The van der Waals surface area contributed by atoms with Crippen LogP contribution in [0.25, 0.3) is 10.9 Å². The number of aryl methyl sites for hydroxylation is 1. The molecule has 0 spiro atoms. The van der Waals surface area contributed by atoms with Crippen LogP contribution in [0.2, 0.25) is 0 Å². The molecule has 146 valence electrons. The average Bonchev–Trinajstić information content (AvgIpc) is 3.36. The molecule has 1 aromatic heterocycles. The Kier molecular flexibility index (Phi) is 4.95. The Bertz CT molecular complexity index is 1110. The summed E-state index contributed by atoms with van der Waals surface area (Å²) < 4.78 is 28.7. The van der Waals surface area contributed by atoms with E-state index >= 15 is 0 Å². The average molecular weight is 398 g/mol. The van der Waals surface area contributed by atoms with E-state index in [1.807, 2.05) is 42.1 Å². The molecule has 0 saturated carbocycles. The number of nitrogens with one attached hydrogen (secondary N) is 1. The van der Waals surface area contributed by atoms with E-state index in [-0.39, 0.29) is 10.8 Å². The van der Waals surface area contributed by atoms with Crippen LogP contribution in [-0.2, 0) is 23.6 Å². The lowest BCUT2D eigenvalue weighted by atomic mass is 10.1. The molecule has 28 heavy (non-hydrogen) atoms. The molecule has 1 N–H and O–H groups in total. The molecule has 0 aliphatic carbocycles. The number of carbonyl (C=O) groups is 1. The van der Waals surface area contributed by atoms with Crippen molar-refractivity contribution in [1.29, 1.82) is 0 Å². The van der Waals surface area contributed by atoms with Gasteiger partial charge in [-0.1, -0.05) is 18.2 Å². The number of sulfonamides is 1. The van der Waals surface area contributed by atoms with Gasteiger partial charge in [-0.15, -0.1) is 0 Å². The van der Waals surface area contributed by atoms with Crippen LogP contribution in [0.1, 0.15) is 28.8 Å². The number of hydrogen-bond donors (Lipinski definition) is 1. The van der Waals surface area contributed by atoms with Crippen LogP contribution in [-0.4, -0.2) is 36.3 Å². The lowest BCUT2D eigenvalue weighted by Gasteiger charge is -2.15. The van der Waals surface area contributed by atoms with Gasteiger partial charge in [-0.25, -0.2) is 8.42 Å². The zero-order valence-electron chi connectivity index (χ0n) is 15.8. The maximum absolute atomic E-state index is 12.6. The second-order valence-electron chi connectivity index (χ2n) is 7.10. The Labute approximate surface area is 164 Å². The van der Waals surface area contributed by atoms with E-state index in [2.05, 4.69) is 5.32 Å². The van der Waals surface area contributed by atoms with Gasteiger partial charge in [-0.3, -0.25) is 4.79 Å². The molecule has 4 rings (SSSR count). The van der Waals surface area contributed by atoms with Crippen molar-refractivity contribution in [2.75, 3.05) is 13.1 Å². The third-order valence-corrected chi connectivity index (χ3v) is 7.15. The van der Waals surface area contributed by atoms with Crippen LogP contribution >= 0.6 is 0 Å². The molecule has 1 amide bonds. The minimum absolute atomic E-state index is 0.224. The first-order valence-electron chi connectivity index (χ1n) is 9.38. The van der Waals surface area contributed by atoms with Gasteiger partial charge in [0.1, 0.15) is 0 Å². The quantitative estimate of drug-likeness (QED) is 0.720. The van der Waals surface area contributed by atoms with Gasteiger partial charge in [0.05, 0.1) is 4.90 Å². The second kappa shape index (κ2) is 7.41. The standard InChI is InChI=1S/C21H23N3O3S/c1-23-15-17(19-6-2-3-7-20(19)23)14-22-21(25)16-8-10-18(11-9-16)28(26,27)24-12-4-5-13-24/h2-3,6-11,15H,4-5,12-14H2,1H3,(H,22,25). The Morgan fingerprint density at radius 2 is 1.71 bits per heavy atom. The Hall–Kier alpha value is -2.64. The predicted molar refractivity (Wildman–Crippen MR) is 109 cm³/mol. The zero-order chi connectivity index (χ0) is 19.7. The molecule has 7 heteroatoms. The summed E-state index contributed by atoms with van der Waals surface area (Å²) in [5, 5.41) is 4.03. The van der Waals surface area contributed by atoms with Crippen LogP contribution in [0, 0.1) is 0 Å². The highest BCUT2D eigenvalue weighted by Gasteiger charge is 2.27. The third kappa shape index (κ3) is 3.43. The van der Waals surface area contributed by atoms with Crippen LogP contribution in [0.5, 0.6) is 0 Å². The fraction of sp³-hybridized carbons (Fsp3) is 0.286. The van der Waals surface area contributed by atoms with E-state index in [0.717, 1.165) is 29.3 Å². The number of para-hydroxylation sites is 1. The van der Waals surface area contributed by atoms with Gasteiger partial charge in [0.2, 0.25) is 10.0 Å². The number of nitrogens with zero attached hydrogens (tertiary/aromatic N) is 2.